The lowest BCUT2D eigenvalue weighted by atomic mass is 10.1. The Kier molecular flexibility index (Phi) is 4.93. The molecule has 2 aromatic rings. The SMILES string of the molecule is CCCn1nccc1NC(=O)/C=C/c1ccc(C)cc1C. The second-order valence-corrected chi connectivity index (χ2v) is 5.12. The van der Waals surface area contributed by atoms with Gasteiger partial charge in [-0.1, -0.05) is 30.7 Å². The highest BCUT2D eigenvalue weighted by atomic mass is 16.1. The van der Waals surface area contributed by atoms with Crippen LogP contribution in [0.25, 0.3) is 6.08 Å². The summed E-state index contributed by atoms with van der Waals surface area (Å²) in [6, 6.07) is 7.98. The van der Waals surface area contributed by atoms with Crippen molar-refractivity contribution in [3.05, 3.63) is 53.2 Å². The van der Waals surface area contributed by atoms with Gasteiger partial charge in [0, 0.05) is 18.7 Å². The lowest BCUT2D eigenvalue weighted by molar-refractivity contribution is -0.111. The van der Waals surface area contributed by atoms with Crippen LogP contribution in [0.5, 0.6) is 0 Å². The van der Waals surface area contributed by atoms with Gasteiger partial charge in [-0.3, -0.25) is 4.79 Å². The van der Waals surface area contributed by atoms with E-state index in [0.29, 0.717) is 0 Å². The Bertz CT molecular complexity index is 656. The number of aryl methyl sites for hydroxylation is 3. The molecule has 21 heavy (non-hydrogen) atoms. The molecule has 0 fully saturated rings. The molecule has 0 unspecified atom stereocenters. The topological polar surface area (TPSA) is 46.9 Å². The molecule has 0 aliphatic carbocycles. The first-order valence-corrected chi connectivity index (χ1v) is 7.18. The van der Waals surface area contributed by atoms with E-state index in [2.05, 4.69) is 30.3 Å². The quantitative estimate of drug-likeness (QED) is 0.853. The first kappa shape index (κ1) is 15.0. The second kappa shape index (κ2) is 6.88. The number of hydrogen-bond donors (Lipinski definition) is 1. The summed E-state index contributed by atoms with van der Waals surface area (Å²) < 4.78 is 1.79. The molecule has 4 nitrogen and oxygen atoms in total. The van der Waals surface area contributed by atoms with Crippen molar-refractivity contribution < 1.29 is 4.79 Å². The number of anilines is 1. The van der Waals surface area contributed by atoms with Gasteiger partial charge in [0.05, 0.1) is 6.20 Å². The summed E-state index contributed by atoms with van der Waals surface area (Å²) in [6.07, 6.45) is 6.06. The standard InChI is InChI=1S/C17H21N3O/c1-4-11-20-16(9-10-18-20)19-17(21)8-7-15-6-5-13(2)12-14(15)3/h5-10,12H,4,11H2,1-3H3,(H,19,21)/b8-7+. The highest BCUT2D eigenvalue weighted by Gasteiger charge is 2.04. The number of benzene rings is 1. The van der Waals surface area contributed by atoms with Crippen LogP contribution in [0.2, 0.25) is 0 Å². The van der Waals surface area contributed by atoms with E-state index in [-0.39, 0.29) is 5.91 Å². The summed E-state index contributed by atoms with van der Waals surface area (Å²) in [5.74, 6) is 0.583. The Morgan fingerprint density at radius 3 is 2.86 bits per heavy atom. The molecule has 2 rings (SSSR count). The third-order valence-electron chi connectivity index (χ3n) is 3.24. The van der Waals surface area contributed by atoms with E-state index in [4.69, 9.17) is 0 Å². The minimum atomic E-state index is -0.146. The number of nitrogens with one attached hydrogen (secondary N) is 1. The van der Waals surface area contributed by atoms with E-state index >= 15 is 0 Å². The molecule has 0 saturated heterocycles. The van der Waals surface area contributed by atoms with Crippen molar-refractivity contribution in [3.8, 4) is 0 Å². The molecule has 1 amide bonds. The van der Waals surface area contributed by atoms with Crippen LogP contribution in [0.1, 0.15) is 30.0 Å². The second-order valence-electron chi connectivity index (χ2n) is 5.12. The van der Waals surface area contributed by atoms with Gasteiger partial charge in [0.25, 0.3) is 0 Å². The third kappa shape index (κ3) is 4.05. The lowest BCUT2D eigenvalue weighted by Gasteiger charge is -2.06. The van der Waals surface area contributed by atoms with E-state index in [1.807, 2.05) is 25.1 Å². The number of hydrogen-bond acceptors (Lipinski definition) is 2. The molecule has 0 spiro atoms. The smallest absolute Gasteiger partial charge is 0.249 e. The van der Waals surface area contributed by atoms with Gasteiger partial charge in [-0.2, -0.15) is 5.10 Å². The molecule has 1 aromatic carbocycles. The van der Waals surface area contributed by atoms with E-state index in [1.165, 1.54) is 5.56 Å². The molecule has 1 N–H and O–H groups in total. The Morgan fingerprint density at radius 2 is 2.14 bits per heavy atom. The van der Waals surface area contributed by atoms with Crippen molar-refractivity contribution in [3.63, 3.8) is 0 Å². The first-order valence-electron chi connectivity index (χ1n) is 7.18. The van der Waals surface area contributed by atoms with Gasteiger partial charge in [0.15, 0.2) is 0 Å². The number of amides is 1. The number of rotatable bonds is 5. The molecule has 1 heterocycles. The molecule has 0 bridgehead atoms. The van der Waals surface area contributed by atoms with Gasteiger partial charge in [0.1, 0.15) is 5.82 Å². The van der Waals surface area contributed by atoms with Crippen LogP contribution in [0, 0.1) is 13.8 Å². The predicted molar refractivity (Wildman–Crippen MR) is 86.1 cm³/mol. The largest absolute Gasteiger partial charge is 0.307 e. The van der Waals surface area contributed by atoms with Crippen LogP contribution in [0.4, 0.5) is 5.82 Å². The third-order valence-corrected chi connectivity index (χ3v) is 3.24. The van der Waals surface area contributed by atoms with Crippen LogP contribution >= 0.6 is 0 Å². The Morgan fingerprint density at radius 1 is 1.33 bits per heavy atom. The molecule has 0 aliphatic heterocycles. The van der Waals surface area contributed by atoms with Crippen LogP contribution < -0.4 is 5.32 Å². The van der Waals surface area contributed by atoms with Crippen LogP contribution in [0.3, 0.4) is 0 Å². The molecule has 0 radical (unpaired) electrons. The van der Waals surface area contributed by atoms with Gasteiger partial charge in [-0.25, -0.2) is 4.68 Å². The number of aromatic nitrogens is 2. The zero-order valence-electron chi connectivity index (χ0n) is 12.8. The molecule has 1 aromatic heterocycles. The fourth-order valence-electron chi connectivity index (χ4n) is 2.17. The summed E-state index contributed by atoms with van der Waals surface area (Å²) in [5.41, 5.74) is 3.44. The van der Waals surface area contributed by atoms with Crippen molar-refractivity contribution in [2.24, 2.45) is 0 Å². The summed E-state index contributed by atoms with van der Waals surface area (Å²) in [4.78, 5) is 12.0. The summed E-state index contributed by atoms with van der Waals surface area (Å²) in [7, 11) is 0. The van der Waals surface area contributed by atoms with Crippen LogP contribution in [-0.2, 0) is 11.3 Å². The molecule has 0 saturated carbocycles. The van der Waals surface area contributed by atoms with E-state index < -0.39 is 0 Å². The summed E-state index contributed by atoms with van der Waals surface area (Å²) in [6.45, 7) is 6.97. The van der Waals surface area contributed by atoms with Gasteiger partial charge < -0.3 is 5.32 Å². The maximum atomic E-state index is 12.0. The Hall–Kier alpha value is -2.36. The van der Waals surface area contributed by atoms with Crippen molar-refractivity contribution in [2.45, 2.75) is 33.7 Å². The van der Waals surface area contributed by atoms with E-state index in [0.717, 1.165) is 29.9 Å². The molecule has 110 valence electrons. The average Bonchev–Trinajstić information content (AvgIpc) is 2.85. The number of carbonyl (C=O) groups excluding carboxylic acids is 1. The minimum Gasteiger partial charge on any atom is -0.307 e. The van der Waals surface area contributed by atoms with E-state index in [1.54, 1.807) is 23.0 Å². The molecular formula is C17H21N3O. The molecule has 4 heteroatoms. The Labute approximate surface area is 125 Å². The monoisotopic (exact) mass is 283 g/mol. The number of carbonyl (C=O) groups is 1. The van der Waals surface area contributed by atoms with Crippen molar-refractivity contribution in [1.82, 2.24) is 9.78 Å². The van der Waals surface area contributed by atoms with Crippen molar-refractivity contribution in [2.75, 3.05) is 5.32 Å². The van der Waals surface area contributed by atoms with Gasteiger partial charge >= 0.3 is 0 Å². The lowest BCUT2D eigenvalue weighted by Crippen LogP contribution is -2.13. The predicted octanol–water partition coefficient (Wildman–Crippen LogP) is 3.56. The number of nitrogens with zero attached hydrogens (tertiary/aromatic N) is 2. The molecule has 0 atom stereocenters. The highest BCUT2D eigenvalue weighted by molar-refractivity contribution is 6.01. The minimum absolute atomic E-state index is 0.146. The molecule has 0 aliphatic rings. The van der Waals surface area contributed by atoms with Crippen molar-refractivity contribution in [1.29, 1.82) is 0 Å². The maximum Gasteiger partial charge on any atom is 0.249 e. The van der Waals surface area contributed by atoms with Crippen molar-refractivity contribution >= 4 is 17.8 Å². The fourth-order valence-corrected chi connectivity index (χ4v) is 2.17. The van der Waals surface area contributed by atoms with Crippen LogP contribution in [-0.4, -0.2) is 15.7 Å². The zero-order chi connectivity index (χ0) is 15.2. The highest BCUT2D eigenvalue weighted by Crippen LogP contribution is 2.12. The fraction of sp³-hybridized carbons (Fsp3) is 0.294. The normalized spacial score (nSPS) is 11.0. The van der Waals surface area contributed by atoms with E-state index in [9.17, 15) is 4.79 Å². The van der Waals surface area contributed by atoms with Crippen LogP contribution in [0.15, 0.2) is 36.5 Å². The summed E-state index contributed by atoms with van der Waals surface area (Å²) in [5, 5.41) is 7.03. The first-order chi connectivity index (χ1) is 10.1. The molecular weight excluding hydrogens is 262 g/mol. The Balaban J connectivity index is 2.04. The van der Waals surface area contributed by atoms with Gasteiger partial charge in [-0.05, 0) is 37.5 Å². The average molecular weight is 283 g/mol. The van der Waals surface area contributed by atoms with Gasteiger partial charge in [-0.15, -0.1) is 0 Å². The van der Waals surface area contributed by atoms with Gasteiger partial charge in [0.2, 0.25) is 5.91 Å². The maximum absolute atomic E-state index is 12.0. The summed E-state index contributed by atoms with van der Waals surface area (Å²) >= 11 is 0. The zero-order valence-corrected chi connectivity index (χ0v) is 12.8.